The molecule has 0 aromatic heterocycles. The molecule has 4 rings (SSSR count). The van der Waals surface area contributed by atoms with E-state index in [1.807, 2.05) is 42.5 Å². The lowest BCUT2D eigenvalue weighted by Gasteiger charge is -2.36. The maximum atomic E-state index is 12.8. The number of rotatable bonds is 4. The first-order valence-electron chi connectivity index (χ1n) is 9.50. The number of para-hydroxylation sites is 4. The van der Waals surface area contributed by atoms with Gasteiger partial charge in [-0.1, -0.05) is 31.2 Å². The Morgan fingerprint density at radius 2 is 1.74 bits per heavy atom. The molecule has 6 heteroatoms. The molecule has 1 fully saturated rings. The molecule has 0 spiro atoms. The molecule has 2 heterocycles. The number of benzene rings is 2. The maximum absolute atomic E-state index is 12.8. The first kappa shape index (κ1) is 17.7. The Bertz CT molecular complexity index is 803. The molecule has 0 saturated carbocycles. The molecule has 0 bridgehead atoms. The number of fused-ring (bicyclic) bond motifs is 1. The molecular weight excluding hydrogens is 342 g/mol. The molecule has 0 aliphatic carbocycles. The Morgan fingerprint density at radius 3 is 2.52 bits per heavy atom. The van der Waals surface area contributed by atoms with E-state index >= 15 is 0 Å². The van der Waals surface area contributed by atoms with Crippen molar-refractivity contribution in [1.29, 1.82) is 0 Å². The van der Waals surface area contributed by atoms with Crippen LogP contribution in [0, 0.1) is 0 Å². The van der Waals surface area contributed by atoms with Gasteiger partial charge in [-0.3, -0.25) is 4.79 Å². The fourth-order valence-corrected chi connectivity index (χ4v) is 3.52. The lowest BCUT2D eigenvalue weighted by atomic mass is 10.2. The number of piperazine rings is 1. The average molecular weight is 367 g/mol. The van der Waals surface area contributed by atoms with E-state index in [0.29, 0.717) is 11.5 Å². The summed E-state index contributed by atoms with van der Waals surface area (Å²) in [6.45, 7) is 7.46. The van der Waals surface area contributed by atoms with E-state index in [2.05, 4.69) is 28.1 Å². The highest BCUT2D eigenvalue weighted by molar-refractivity contribution is 5.97. The highest BCUT2D eigenvalue weighted by Crippen LogP contribution is 2.32. The van der Waals surface area contributed by atoms with Crippen molar-refractivity contribution >= 4 is 17.3 Å². The van der Waals surface area contributed by atoms with Gasteiger partial charge in [0, 0.05) is 26.2 Å². The van der Waals surface area contributed by atoms with E-state index in [1.165, 1.54) is 0 Å². The Balaban J connectivity index is 1.45. The minimum atomic E-state index is -0.662. The number of ether oxygens (including phenoxy) is 2. The summed E-state index contributed by atoms with van der Waals surface area (Å²) in [5.74, 6) is 1.09. The van der Waals surface area contributed by atoms with Gasteiger partial charge in [0.1, 0.15) is 6.61 Å². The molecule has 27 heavy (non-hydrogen) atoms. The van der Waals surface area contributed by atoms with Crippen molar-refractivity contribution in [2.45, 2.75) is 13.0 Å². The Kier molecular flexibility index (Phi) is 5.16. The molecule has 2 aliphatic heterocycles. The molecule has 1 N–H and O–H groups in total. The minimum Gasteiger partial charge on any atom is -0.485 e. The van der Waals surface area contributed by atoms with Crippen LogP contribution in [0.15, 0.2) is 48.5 Å². The Hall–Kier alpha value is -2.73. The number of amides is 1. The first-order chi connectivity index (χ1) is 13.2. The van der Waals surface area contributed by atoms with Crippen molar-refractivity contribution in [2.24, 2.45) is 0 Å². The summed E-state index contributed by atoms with van der Waals surface area (Å²) in [5.41, 5.74) is 1.87. The van der Waals surface area contributed by atoms with Gasteiger partial charge in [-0.25, -0.2) is 0 Å². The zero-order chi connectivity index (χ0) is 18.6. The fraction of sp³-hybridized carbons (Fsp3) is 0.381. The summed E-state index contributed by atoms with van der Waals surface area (Å²) in [7, 11) is 0. The van der Waals surface area contributed by atoms with E-state index in [-0.39, 0.29) is 12.5 Å². The van der Waals surface area contributed by atoms with Crippen molar-refractivity contribution in [1.82, 2.24) is 4.90 Å². The average Bonchev–Trinajstić information content (AvgIpc) is 2.74. The second-order valence-corrected chi connectivity index (χ2v) is 6.79. The highest BCUT2D eigenvalue weighted by Gasteiger charge is 2.28. The predicted molar refractivity (Wildman–Crippen MR) is 106 cm³/mol. The minimum absolute atomic E-state index is 0.191. The van der Waals surface area contributed by atoms with Crippen LogP contribution in [0.2, 0.25) is 0 Å². The van der Waals surface area contributed by atoms with Gasteiger partial charge in [0.15, 0.2) is 11.5 Å². The molecule has 2 aromatic rings. The molecule has 1 atom stereocenters. The van der Waals surface area contributed by atoms with E-state index in [9.17, 15) is 4.79 Å². The monoisotopic (exact) mass is 367 g/mol. The SMILES string of the molecule is CCN1CCN(c2ccccc2NC(=O)[C@H]2COc3ccccc3O2)CC1. The summed E-state index contributed by atoms with van der Waals surface area (Å²) in [6.07, 6.45) is -0.662. The van der Waals surface area contributed by atoms with E-state index in [4.69, 9.17) is 9.47 Å². The molecular formula is C21H25N3O3. The maximum Gasteiger partial charge on any atom is 0.269 e. The van der Waals surface area contributed by atoms with E-state index < -0.39 is 6.10 Å². The number of nitrogens with one attached hydrogen (secondary N) is 1. The van der Waals surface area contributed by atoms with Gasteiger partial charge >= 0.3 is 0 Å². The molecule has 6 nitrogen and oxygen atoms in total. The van der Waals surface area contributed by atoms with Crippen LogP contribution >= 0.6 is 0 Å². The van der Waals surface area contributed by atoms with Crippen molar-refractivity contribution in [3.8, 4) is 11.5 Å². The van der Waals surface area contributed by atoms with Gasteiger partial charge in [0.2, 0.25) is 6.10 Å². The van der Waals surface area contributed by atoms with Crippen molar-refractivity contribution in [3.63, 3.8) is 0 Å². The molecule has 142 valence electrons. The summed E-state index contributed by atoms with van der Waals surface area (Å²) in [6, 6.07) is 15.4. The van der Waals surface area contributed by atoms with E-state index in [1.54, 1.807) is 0 Å². The van der Waals surface area contributed by atoms with Gasteiger partial charge in [0.05, 0.1) is 11.4 Å². The smallest absolute Gasteiger partial charge is 0.269 e. The summed E-state index contributed by atoms with van der Waals surface area (Å²) in [4.78, 5) is 17.5. The lowest BCUT2D eigenvalue weighted by molar-refractivity contribution is -0.125. The quantitative estimate of drug-likeness (QED) is 0.900. The Labute approximate surface area is 159 Å². The first-order valence-corrected chi connectivity index (χ1v) is 9.50. The van der Waals surface area contributed by atoms with Gasteiger partial charge in [-0.15, -0.1) is 0 Å². The number of anilines is 2. The topological polar surface area (TPSA) is 54.0 Å². The molecule has 0 unspecified atom stereocenters. The van der Waals surface area contributed by atoms with Crippen LogP contribution in [0.5, 0.6) is 11.5 Å². The molecule has 0 radical (unpaired) electrons. The van der Waals surface area contributed by atoms with Gasteiger partial charge in [0.25, 0.3) is 5.91 Å². The second-order valence-electron chi connectivity index (χ2n) is 6.79. The van der Waals surface area contributed by atoms with Gasteiger partial charge < -0.3 is 24.6 Å². The molecule has 1 amide bonds. The number of nitrogens with zero attached hydrogens (tertiary/aromatic N) is 2. The zero-order valence-corrected chi connectivity index (χ0v) is 15.6. The lowest BCUT2D eigenvalue weighted by Crippen LogP contribution is -2.46. The zero-order valence-electron chi connectivity index (χ0n) is 15.6. The standard InChI is InChI=1S/C21H25N3O3/c1-2-23-11-13-24(14-12-23)17-8-4-3-7-16(17)22-21(25)20-15-26-18-9-5-6-10-19(18)27-20/h3-10,20H,2,11-15H2,1H3,(H,22,25)/t20-/m1/s1. The van der Waals surface area contributed by atoms with Crippen LogP contribution < -0.4 is 19.7 Å². The van der Waals surface area contributed by atoms with Crippen molar-refractivity contribution in [2.75, 3.05) is 49.5 Å². The third-order valence-electron chi connectivity index (χ3n) is 5.12. The normalized spacial score (nSPS) is 19.6. The second kappa shape index (κ2) is 7.88. The number of hydrogen-bond donors (Lipinski definition) is 1. The summed E-state index contributed by atoms with van der Waals surface area (Å²) < 4.78 is 11.5. The van der Waals surface area contributed by atoms with Crippen LogP contribution in [-0.2, 0) is 4.79 Å². The van der Waals surface area contributed by atoms with Crippen LogP contribution in [0.3, 0.4) is 0 Å². The number of likely N-dealkylation sites (N-methyl/N-ethyl adjacent to an activating group) is 1. The van der Waals surface area contributed by atoms with Crippen molar-refractivity contribution < 1.29 is 14.3 Å². The van der Waals surface area contributed by atoms with E-state index in [0.717, 1.165) is 44.1 Å². The number of hydrogen-bond acceptors (Lipinski definition) is 5. The highest BCUT2D eigenvalue weighted by atomic mass is 16.6. The van der Waals surface area contributed by atoms with Crippen LogP contribution in [0.1, 0.15) is 6.92 Å². The number of carbonyl (C=O) groups is 1. The van der Waals surface area contributed by atoms with Crippen LogP contribution in [0.25, 0.3) is 0 Å². The van der Waals surface area contributed by atoms with Gasteiger partial charge in [-0.05, 0) is 30.8 Å². The molecule has 2 aliphatic rings. The van der Waals surface area contributed by atoms with Gasteiger partial charge in [-0.2, -0.15) is 0 Å². The number of carbonyl (C=O) groups excluding carboxylic acids is 1. The molecule has 2 aromatic carbocycles. The third kappa shape index (κ3) is 3.85. The summed E-state index contributed by atoms with van der Waals surface area (Å²) in [5, 5.41) is 3.03. The third-order valence-corrected chi connectivity index (χ3v) is 5.12. The molecule has 1 saturated heterocycles. The largest absolute Gasteiger partial charge is 0.485 e. The summed E-state index contributed by atoms with van der Waals surface area (Å²) >= 11 is 0. The Morgan fingerprint density at radius 1 is 1.04 bits per heavy atom. The van der Waals surface area contributed by atoms with Crippen molar-refractivity contribution in [3.05, 3.63) is 48.5 Å². The fourth-order valence-electron chi connectivity index (χ4n) is 3.52. The van der Waals surface area contributed by atoms with Crippen LogP contribution in [-0.4, -0.2) is 56.2 Å². The van der Waals surface area contributed by atoms with Crippen LogP contribution in [0.4, 0.5) is 11.4 Å². The predicted octanol–water partition coefficient (Wildman–Crippen LogP) is 2.61.